The minimum Gasteiger partial charge on any atom is -0.496 e. The van der Waals surface area contributed by atoms with Crippen LogP contribution in [0.2, 0.25) is 0 Å². The zero-order valence-electron chi connectivity index (χ0n) is 12.1. The molecule has 0 radical (unpaired) electrons. The largest absolute Gasteiger partial charge is 0.496 e. The summed E-state index contributed by atoms with van der Waals surface area (Å²) in [6.07, 6.45) is 2.42. The fourth-order valence-electron chi connectivity index (χ4n) is 2.13. The molecule has 0 saturated carbocycles. The molecule has 0 heterocycles. The Morgan fingerprint density at radius 3 is 2.50 bits per heavy atom. The maximum absolute atomic E-state index is 5.45. The first kappa shape index (κ1) is 15.0. The maximum atomic E-state index is 5.45. The van der Waals surface area contributed by atoms with Crippen molar-refractivity contribution >= 4 is 0 Å². The zero-order valence-corrected chi connectivity index (χ0v) is 12.1. The van der Waals surface area contributed by atoms with Gasteiger partial charge in [-0.05, 0) is 64.0 Å². The molecule has 18 heavy (non-hydrogen) atoms. The maximum Gasteiger partial charge on any atom is 0.123 e. The van der Waals surface area contributed by atoms with Gasteiger partial charge in [0, 0.05) is 12.1 Å². The van der Waals surface area contributed by atoms with Crippen molar-refractivity contribution in [3.8, 4) is 5.75 Å². The molecule has 0 aliphatic carbocycles. The van der Waals surface area contributed by atoms with Crippen LogP contribution in [0.4, 0.5) is 0 Å². The summed E-state index contributed by atoms with van der Waals surface area (Å²) >= 11 is 0. The van der Waals surface area contributed by atoms with E-state index in [1.807, 2.05) is 7.05 Å². The quantitative estimate of drug-likeness (QED) is 0.695. The number of methoxy groups -OCH3 is 1. The molecular formula is C15H26N2O. The SMILES string of the molecule is CNCCCCNCc1c(C)cc(C)cc1OC. The summed E-state index contributed by atoms with van der Waals surface area (Å²) in [6, 6.07) is 4.31. The van der Waals surface area contributed by atoms with E-state index in [0.717, 1.165) is 25.4 Å². The Labute approximate surface area is 111 Å². The van der Waals surface area contributed by atoms with Crippen molar-refractivity contribution in [1.29, 1.82) is 0 Å². The van der Waals surface area contributed by atoms with Gasteiger partial charge in [-0.25, -0.2) is 0 Å². The highest BCUT2D eigenvalue weighted by Crippen LogP contribution is 2.23. The number of benzene rings is 1. The average Bonchev–Trinajstić information content (AvgIpc) is 2.35. The van der Waals surface area contributed by atoms with Crippen LogP contribution in [0.3, 0.4) is 0 Å². The van der Waals surface area contributed by atoms with E-state index in [4.69, 9.17) is 4.74 Å². The van der Waals surface area contributed by atoms with Gasteiger partial charge >= 0.3 is 0 Å². The van der Waals surface area contributed by atoms with E-state index < -0.39 is 0 Å². The summed E-state index contributed by atoms with van der Waals surface area (Å²) in [5.41, 5.74) is 3.83. The van der Waals surface area contributed by atoms with Gasteiger partial charge in [-0.3, -0.25) is 0 Å². The Hall–Kier alpha value is -1.06. The van der Waals surface area contributed by atoms with E-state index in [0.29, 0.717) is 0 Å². The van der Waals surface area contributed by atoms with E-state index in [1.54, 1.807) is 7.11 Å². The van der Waals surface area contributed by atoms with Gasteiger partial charge in [0.15, 0.2) is 0 Å². The second-order valence-electron chi connectivity index (χ2n) is 4.75. The van der Waals surface area contributed by atoms with Crippen molar-refractivity contribution < 1.29 is 4.74 Å². The van der Waals surface area contributed by atoms with Crippen molar-refractivity contribution in [2.45, 2.75) is 33.2 Å². The van der Waals surface area contributed by atoms with Crippen molar-refractivity contribution in [2.24, 2.45) is 0 Å². The van der Waals surface area contributed by atoms with Crippen molar-refractivity contribution in [2.75, 3.05) is 27.2 Å². The van der Waals surface area contributed by atoms with E-state index in [9.17, 15) is 0 Å². The second-order valence-corrected chi connectivity index (χ2v) is 4.75. The molecule has 1 rings (SSSR count). The first-order valence-corrected chi connectivity index (χ1v) is 6.68. The minimum atomic E-state index is 0.884. The molecule has 0 aliphatic rings. The molecule has 0 aromatic heterocycles. The number of unbranched alkanes of at least 4 members (excludes halogenated alkanes) is 1. The van der Waals surface area contributed by atoms with Crippen LogP contribution in [0.25, 0.3) is 0 Å². The van der Waals surface area contributed by atoms with E-state index >= 15 is 0 Å². The first-order valence-electron chi connectivity index (χ1n) is 6.68. The molecule has 3 nitrogen and oxygen atoms in total. The molecule has 3 heteroatoms. The highest BCUT2D eigenvalue weighted by molar-refractivity contribution is 5.42. The highest BCUT2D eigenvalue weighted by atomic mass is 16.5. The molecule has 0 aliphatic heterocycles. The molecule has 2 N–H and O–H groups in total. The average molecular weight is 250 g/mol. The van der Waals surface area contributed by atoms with Crippen LogP contribution >= 0.6 is 0 Å². The molecule has 0 atom stereocenters. The predicted octanol–water partition coefficient (Wildman–Crippen LogP) is 2.40. The molecule has 0 spiro atoms. The third-order valence-electron chi connectivity index (χ3n) is 3.13. The van der Waals surface area contributed by atoms with Crippen LogP contribution in [-0.4, -0.2) is 27.2 Å². The standard InChI is InChI=1S/C15H26N2O/c1-12-9-13(2)14(15(10-12)18-4)11-17-8-6-5-7-16-3/h9-10,16-17H,5-8,11H2,1-4H3. The van der Waals surface area contributed by atoms with Crippen molar-refractivity contribution in [3.63, 3.8) is 0 Å². The number of rotatable bonds is 8. The lowest BCUT2D eigenvalue weighted by Gasteiger charge is -2.13. The lowest BCUT2D eigenvalue weighted by atomic mass is 10.0. The van der Waals surface area contributed by atoms with Gasteiger partial charge in [0.1, 0.15) is 5.75 Å². The molecule has 102 valence electrons. The van der Waals surface area contributed by atoms with Crippen LogP contribution in [0.5, 0.6) is 5.75 Å². The summed E-state index contributed by atoms with van der Waals surface area (Å²) in [7, 11) is 3.73. The minimum absolute atomic E-state index is 0.884. The number of aryl methyl sites for hydroxylation is 2. The molecule has 0 saturated heterocycles. The fourth-order valence-corrected chi connectivity index (χ4v) is 2.13. The van der Waals surface area contributed by atoms with Gasteiger partial charge in [-0.2, -0.15) is 0 Å². The topological polar surface area (TPSA) is 33.3 Å². The third-order valence-corrected chi connectivity index (χ3v) is 3.13. The normalized spacial score (nSPS) is 10.7. The van der Waals surface area contributed by atoms with Crippen LogP contribution in [0, 0.1) is 13.8 Å². The summed E-state index contributed by atoms with van der Waals surface area (Å²) in [4.78, 5) is 0. The predicted molar refractivity (Wildman–Crippen MR) is 77.3 cm³/mol. The molecule has 1 aromatic carbocycles. The van der Waals surface area contributed by atoms with E-state index in [2.05, 4.69) is 36.6 Å². The number of hydrogen-bond donors (Lipinski definition) is 2. The molecular weight excluding hydrogens is 224 g/mol. The van der Waals surface area contributed by atoms with E-state index in [1.165, 1.54) is 29.5 Å². The van der Waals surface area contributed by atoms with Crippen LogP contribution < -0.4 is 15.4 Å². The van der Waals surface area contributed by atoms with Gasteiger partial charge < -0.3 is 15.4 Å². The lowest BCUT2D eigenvalue weighted by Crippen LogP contribution is -2.18. The molecule has 0 amide bonds. The van der Waals surface area contributed by atoms with Crippen LogP contribution in [0.1, 0.15) is 29.5 Å². The van der Waals surface area contributed by atoms with Gasteiger partial charge in [0.05, 0.1) is 7.11 Å². The van der Waals surface area contributed by atoms with Gasteiger partial charge in [-0.15, -0.1) is 0 Å². The van der Waals surface area contributed by atoms with Crippen LogP contribution in [0.15, 0.2) is 12.1 Å². The Kier molecular flexibility index (Phi) is 6.76. The third kappa shape index (κ3) is 4.67. The number of hydrogen-bond acceptors (Lipinski definition) is 3. The number of nitrogens with one attached hydrogen (secondary N) is 2. The van der Waals surface area contributed by atoms with Crippen molar-refractivity contribution in [1.82, 2.24) is 10.6 Å². The van der Waals surface area contributed by atoms with E-state index in [-0.39, 0.29) is 0 Å². The lowest BCUT2D eigenvalue weighted by molar-refractivity contribution is 0.406. The Morgan fingerprint density at radius 2 is 1.83 bits per heavy atom. The summed E-state index contributed by atoms with van der Waals surface area (Å²) < 4.78 is 5.45. The van der Waals surface area contributed by atoms with Crippen LogP contribution in [-0.2, 0) is 6.54 Å². The van der Waals surface area contributed by atoms with Gasteiger partial charge in [0.25, 0.3) is 0 Å². The molecule has 1 aromatic rings. The summed E-state index contributed by atoms with van der Waals surface area (Å²) in [6.45, 7) is 7.28. The Balaban J connectivity index is 2.46. The summed E-state index contributed by atoms with van der Waals surface area (Å²) in [5, 5.41) is 6.65. The fraction of sp³-hybridized carbons (Fsp3) is 0.600. The zero-order chi connectivity index (χ0) is 13.4. The molecule has 0 unspecified atom stereocenters. The van der Waals surface area contributed by atoms with Gasteiger partial charge in [-0.1, -0.05) is 6.07 Å². The monoisotopic (exact) mass is 250 g/mol. The Bertz CT molecular complexity index is 364. The molecule has 0 bridgehead atoms. The second kappa shape index (κ2) is 8.11. The smallest absolute Gasteiger partial charge is 0.123 e. The first-order chi connectivity index (χ1) is 8.69. The Morgan fingerprint density at radius 1 is 1.11 bits per heavy atom. The van der Waals surface area contributed by atoms with Gasteiger partial charge in [0.2, 0.25) is 0 Å². The summed E-state index contributed by atoms with van der Waals surface area (Å²) in [5.74, 6) is 0.996. The number of ether oxygens (including phenoxy) is 1. The highest BCUT2D eigenvalue weighted by Gasteiger charge is 2.06. The molecule has 0 fully saturated rings. The van der Waals surface area contributed by atoms with Crippen molar-refractivity contribution in [3.05, 3.63) is 28.8 Å².